The summed E-state index contributed by atoms with van der Waals surface area (Å²) in [4.78, 5) is 0. The van der Waals surface area contributed by atoms with E-state index in [9.17, 15) is 0 Å². The molecule has 1 aromatic rings. The Labute approximate surface area is 67.2 Å². The molecule has 0 aliphatic heterocycles. The summed E-state index contributed by atoms with van der Waals surface area (Å²) in [5.41, 5.74) is 14.4. The molecular weight excluding hydrogens is 136 g/mol. The Morgan fingerprint density at radius 3 is 2.45 bits per heavy atom. The molecule has 0 amide bonds. The van der Waals surface area contributed by atoms with E-state index in [1.807, 2.05) is 32.0 Å². The topological polar surface area (TPSA) is 52.0 Å². The van der Waals surface area contributed by atoms with Crippen LogP contribution >= 0.6 is 0 Å². The molecule has 2 nitrogen and oxygen atoms in total. The molecule has 0 spiro atoms. The highest BCUT2D eigenvalue weighted by atomic mass is 14.6. The second kappa shape index (κ2) is 2.93. The average molecular weight is 150 g/mol. The molecule has 60 valence electrons. The van der Waals surface area contributed by atoms with Crippen molar-refractivity contribution in [3.63, 3.8) is 0 Å². The fourth-order valence-electron chi connectivity index (χ4n) is 1.21. The van der Waals surface area contributed by atoms with Crippen molar-refractivity contribution in [1.29, 1.82) is 0 Å². The molecule has 0 saturated carbocycles. The molecule has 0 aliphatic rings. The maximum Gasteiger partial charge on any atom is 0.0316 e. The molecule has 2 heteroatoms. The Bertz CT molecular complexity index is 254. The van der Waals surface area contributed by atoms with E-state index in [0.717, 1.165) is 5.69 Å². The Hall–Kier alpha value is -1.02. The molecule has 0 aliphatic carbocycles. The molecule has 0 saturated heterocycles. The number of nitrogens with two attached hydrogens (primary N) is 2. The van der Waals surface area contributed by atoms with Gasteiger partial charge in [0.25, 0.3) is 0 Å². The van der Waals surface area contributed by atoms with Crippen LogP contribution in [-0.2, 0) is 0 Å². The largest absolute Gasteiger partial charge is 0.399 e. The van der Waals surface area contributed by atoms with Gasteiger partial charge in [-0.3, -0.25) is 0 Å². The van der Waals surface area contributed by atoms with Gasteiger partial charge < -0.3 is 11.5 Å². The van der Waals surface area contributed by atoms with Crippen LogP contribution in [0.3, 0.4) is 0 Å². The van der Waals surface area contributed by atoms with Crippen molar-refractivity contribution >= 4 is 5.69 Å². The third-order valence-electron chi connectivity index (χ3n) is 1.78. The van der Waals surface area contributed by atoms with Crippen molar-refractivity contribution < 1.29 is 0 Å². The van der Waals surface area contributed by atoms with Crippen molar-refractivity contribution in [3.8, 4) is 0 Å². The van der Waals surface area contributed by atoms with Crippen LogP contribution in [0.1, 0.15) is 24.1 Å². The Morgan fingerprint density at radius 1 is 1.36 bits per heavy atom. The van der Waals surface area contributed by atoms with E-state index >= 15 is 0 Å². The van der Waals surface area contributed by atoms with Gasteiger partial charge in [0.1, 0.15) is 0 Å². The molecule has 0 aromatic heterocycles. The first kappa shape index (κ1) is 8.08. The molecule has 4 N–H and O–H groups in total. The summed E-state index contributed by atoms with van der Waals surface area (Å²) in [7, 11) is 0. The molecule has 0 heterocycles. The van der Waals surface area contributed by atoms with Crippen molar-refractivity contribution in [2.45, 2.75) is 19.9 Å². The van der Waals surface area contributed by atoms with Gasteiger partial charge in [0.15, 0.2) is 0 Å². The zero-order valence-corrected chi connectivity index (χ0v) is 6.96. The number of hydrogen-bond acceptors (Lipinski definition) is 2. The first-order valence-electron chi connectivity index (χ1n) is 3.73. The minimum atomic E-state index is 0.0931. The second-order valence-corrected chi connectivity index (χ2v) is 2.90. The summed E-state index contributed by atoms with van der Waals surface area (Å²) in [6, 6.07) is 5.90. The number of hydrogen-bond donors (Lipinski definition) is 2. The highest BCUT2D eigenvalue weighted by Crippen LogP contribution is 2.17. The van der Waals surface area contributed by atoms with Gasteiger partial charge in [-0.25, -0.2) is 0 Å². The SMILES string of the molecule is Cc1cc(N)ccc1C(C)N. The molecule has 0 fully saturated rings. The number of anilines is 1. The average Bonchev–Trinajstić information content (AvgIpc) is 1.85. The summed E-state index contributed by atoms with van der Waals surface area (Å²) in [6.07, 6.45) is 0. The quantitative estimate of drug-likeness (QED) is 0.597. The minimum Gasteiger partial charge on any atom is -0.399 e. The van der Waals surface area contributed by atoms with Crippen LogP contribution in [0.15, 0.2) is 18.2 Å². The van der Waals surface area contributed by atoms with Crippen LogP contribution in [0.4, 0.5) is 5.69 Å². The molecular formula is C9H14N2. The van der Waals surface area contributed by atoms with Crippen LogP contribution < -0.4 is 11.5 Å². The van der Waals surface area contributed by atoms with Crippen LogP contribution in [0.2, 0.25) is 0 Å². The number of aryl methyl sites for hydroxylation is 1. The predicted octanol–water partition coefficient (Wildman–Crippen LogP) is 1.60. The van der Waals surface area contributed by atoms with E-state index in [4.69, 9.17) is 11.5 Å². The van der Waals surface area contributed by atoms with Gasteiger partial charge in [0, 0.05) is 11.7 Å². The predicted molar refractivity (Wildman–Crippen MR) is 48.2 cm³/mol. The zero-order valence-electron chi connectivity index (χ0n) is 6.96. The molecule has 0 bridgehead atoms. The fraction of sp³-hybridized carbons (Fsp3) is 0.333. The lowest BCUT2D eigenvalue weighted by Gasteiger charge is -2.09. The Kier molecular flexibility index (Phi) is 2.15. The van der Waals surface area contributed by atoms with Crippen LogP contribution in [-0.4, -0.2) is 0 Å². The van der Waals surface area contributed by atoms with E-state index in [1.165, 1.54) is 11.1 Å². The maximum atomic E-state index is 5.72. The molecule has 0 radical (unpaired) electrons. The molecule has 1 atom stereocenters. The lowest BCUT2D eigenvalue weighted by Crippen LogP contribution is -2.06. The van der Waals surface area contributed by atoms with Crippen LogP contribution in [0.25, 0.3) is 0 Å². The summed E-state index contributed by atoms with van der Waals surface area (Å²) in [6.45, 7) is 3.99. The standard InChI is InChI=1S/C9H14N2/c1-6-5-8(11)3-4-9(6)7(2)10/h3-5,7H,10-11H2,1-2H3. The summed E-state index contributed by atoms with van der Waals surface area (Å²) in [5.74, 6) is 0. The van der Waals surface area contributed by atoms with Crippen molar-refractivity contribution in [2.24, 2.45) is 5.73 Å². The first-order valence-corrected chi connectivity index (χ1v) is 3.73. The number of rotatable bonds is 1. The van der Waals surface area contributed by atoms with E-state index in [-0.39, 0.29) is 6.04 Å². The van der Waals surface area contributed by atoms with Gasteiger partial charge in [-0.05, 0) is 37.1 Å². The molecule has 1 unspecified atom stereocenters. The van der Waals surface area contributed by atoms with Gasteiger partial charge in [0.2, 0.25) is 0 Å². The highest BCUT2D eigenvalue weighted by Gasteiger charge is 2.01. The van der Waals surface area contributed by atoms with Gasteiger partial charge in [-0.15, -0.1) is 0 Å². The summed E-state index contributed by atoms with van der Waals surface area (Å²) in [5, 5.41) is 0. The van der Waals surface area contributed by atoms with Gasteiger partial charge >= 0.3 is 0 Å². The van der Waals surface area contributed by atoms with E-state index in [1.54, 1.807) is 0 Å². The fourth-order valence-corrected chi connectivity index (χ4v) is 1.21. The van der Waals surface area contributed by atoms with E-state index < -0.39 is 0 Å². The van der Waals surface area contributed by atoms with Gasteiger partial charge in [0.05, 0.1) is 0 Å². The Balaban J connectivity index is 3.09. The smallest absolute Gasteiger partial charge is 0.0316 e. The van der Waals surface area contributed by atoms with Crippen molar-refractivity contribution in [2.75, 3.05) is 5.73 Å². The number of benzene rings is 1. The third kappa shape index (κ3) is 1.71. The monoisotopic (exact) mass is 150 g/mol. The summed E-state index contributed by atoms with van der Waals surface area (Å²) < 4.78 is 0. The highest BCUT2D eigenvalue weighted by molar-refractivity contribution is 5.44. The van der Waals surface area contributed by atoms with Gasteiger partial charge in [-0.2, -0.15) is 0 Å². The normalized spacial score (nSPS) is 13.0. The van der Waals surface area contributed by atoms with Crippen molar-refractivity contribution in [3.05, 3.63) is 29.3 Å². The summed E-state index contributed by atoms with van der Waals surface area (Å²) >= 11 is 0. The molecule has 11 heavy (non-hydrogen) atoms. The van der Waals surface area contributed by atoms with Crippen molar-refractivity contribution in [1.82, 2.24) is 0 Å². The van der Waals surface area contributed by atoms with E-state index in [2.05, 4.69) is 0 Å². The van der Waals surface area contributed by atoms with Crippen LogP contribution in [0, 0.1) is 6.92 Å². The lowest BCUT2D eigenvalue weighted by molar-refractivity contribution is 0.810. The van der Waals surface area contributed by atoms with E-state index in [0.29, 0.717) is 0 Å². The Morgan fingerprint density at radius 2 is 2.00 bits per heavy atom. The lowest BCUT2D eigenvalue weighted by atomic mass is 10.0. The first-order chi connectivity index (χ1) is 5.11. The third-order valence-corrected chi connectivity index (χ3v) is 1.78. The molecule has 1 aromatic carbocycles. The molecule has 1 rings (SSSR count). The zero-order chi connectivity index (χ0) is 8.43. The maximum absolute atomic E-state index is 5.72. The van der Waals surface area contributed by atoms with Crippen LogP contribution in [0.5, 0.6) is 0 Å². The second-order valence-electron chi connectivity index (χ2n) is 2.90. The van der Waals surface area contributed by atoms with Gasteiger partial charge in [-0.1, -0.05) is 6.07 Å². The minimum absolute atomic E-state index is 0.0931. The number of nitrogen functional groups attached to an aromatic ring is 1.